The predicted molar refractivity (Wildman–Crippen MR) is 86.0 cm³/mol. The second-order valence-corrected chi connectivity index (χ2v) is 8.12. The minimum Gasteiger partial charge on any atom is -0.379 e. The van der Waals surface area contributed by atoms with Crippen molar-refractivity contribution in [2.75, 3.05) is 33.1 Å². The van der Waals surface area contributed by atoms with Crippen molar-refractivity contribution in [1.82, 2.24) is 24.2 Å². The lowest BCUT2D eigenvalue weighted by Gasteiger charge is -2.20. The summed E-state index contributed by atoms with van der Waals surface area (Å²) in [6, 6.07) is 2.93. The Hall–Kier alpha value is -2.04. The van der Waals surface area contributed by atoms with Gasteiger partial charge in [0.15, 0.2) is 11.3 Å². The highest BCUT2D eigenvalue weighted by Crippen LogP contribution is 2.18. The SMILES string of the molecule is CN(C)S(=O)(=O)C[C@@H]1COC[C@H]1NC(=O)c1cc2ncccn2n1. The second kappa shape index (κ2) is 6.46. The molecule has 130 valence electrons. The van der Waals surface area contributed by atoms with E-state index in [0.29, 0.717) is 12.3 Å². The smallest absolute Gasteiger partial charge is 0.272 e. The Labute approximate surface area is 139 Å². The van der Waals surface area contributed by atoms with E-state index < -0.39 is 10.0 Å². The maximum absolute atomic E-state index is 12.4. The first-order valence-electron chi connectivity index (χ1n) is 7.46. The normalized spacial score (nSPS) is 21.5. The standard InChI is InChI=1S/C14H19N5O4S/c1-18(2)24(21,22)9-10-7-23-8-12(10)16-14(20)11-6-13-15-4-3-5-19(13)17-11/h3-6,10,12H,7-9H2,1-2H3,(H,16,20)/t10-,12+/m0/s1. The van der Waals surface area contributed by atoms with Gasteiger partial charge in [-0.3, -0.25) is 4.79 Å². The highest BCUT2D eigenvalue weighted by atomic mass is 32.2. The van der Waals surface area contributed by atoms with Crippen LogP contribution in [0, 0.1) is 5.92 Å². The Balaban J connectivity index is 1.71. The number of fused-ring (bicyclic) bond motifs is 1. The van der Waals surface area contributed by atoms with Gasteiger partial charge in [0.2, 0.25) is 10.0 Å². The first-order chi connectivity index (χ1) is 11.4. The van der Waals surface area contributed by atoms with Gasteiger partial charge in [-0.05, 0) is 6.07 Å². The zero-order chi connectivity index (χ0) is 17.3. The summed E-state index contributed by atoms with van der Waals surface area (Å²) in [6.07, 6.45) is 3.32. The lowest BCUT2D eigenvalue weighted by atomic mass is 10.1. The predicted octanol–water partition coefficient (Wildman–Crippen LogP) is -0.634. The number of amides is 1. The Morgan fingerprint density at radius 1 is 1.46 bits per heavy atom. The molecule has 2 aromatic rings. The number of sulfonamides is 1. The molecule has 1 aliphatic rings. The highest BCUT2D eigenvalue weighted by Gasteiger charge is 2.34. The molecule has 0 radical (unpaired) electrons. The third kappa shape index (κ3) is 3.40. The Morgan fingerprint density at radius 2 is 2.25 bits per heavy atom. The topological polar surface area (TPSA) is 106 Å². The van der Waals surface area contributed by atoms with E-state index in [0.717, 1.165) is 0 Å². The number of hydrogen-bond acceptors (Lipinski definition) is 6. The average Bonchev–Trinajstić information content (AvgIpc) is 3.13. The van der Waals surface area contributed by atoms with Gasteiger partial charge in [0, 0.05) is 38.5 Å². The van der Waals surface area contributed by atoms with Crippen LogP contribution < -0.4 is 5.32 Å². The lowest BCUT2D eigenvalue weighted by molar-refractivity contribution is 0.0920. The summed E-state index contributed by atoms with van der Waals surface area (Å²) < 4.78 is 32.1. The van der Waals surface area contributed by atoms with Crippen LogP contribution in [0.25, 0.3) is 5.65 Å². The minimum atomic E-state index is -3.36. The average molecular weight is 353 g/mol. The van der Waals surface area contributed by atoms with Gasteiger partial charge in [-0.2, -0.15) is 5.10 Å². The second-order valence-electron chi connectivity index (χ2n) is 5.89. The highest BCUT2D eigenvalue weighted by molar-refractivity contribution is 7.89. The summed E-state index contributed by atoms with van der Waals surface area (Å²) in [5.74, 6) is -0.739. The fourth-order valence-corrected chi connectivity index (χ4v) is 3.69. The van der Waals surface area contributed by atoms with Gasteiger partial charge in [0.1, 0.15) is 0 Å². The fourth-order valence-electron chi connectivity index (χ4n) is 2.53. The summed E-state index contributed by atoms with van der Waals surface area (Å²) in [5.41, 5.74) is 0.798. The molecule has 3 rings (SSSR count). The van der Waals surface area contributed by atoms with Crippen LogP contribution in [0.3, 0.4) is 0 Å². The van der Waals surface area contributed by atoms with Crippen molar-refractivity contribution in [3.63, 3.8) is 0 Å². The molecule has 10 heteroatoms. The molecule has 0 spiro atoms. The first kappa shape index (κ1) is 16.8. The van der Waals surface area contributed by atoms with Crippen LogP contribution in [0.1, 0.15) is 10.5 Å². The van der Waals surface area contributed by atoms with Gasteiger partial charge in [0.25, 0.3) is 5.91 Å². The van der Waals surface area contributed by atoms with Crippen LogP contribution >= 0.6 is 0 Å². The Bertz CT molecular complexity index is 815. The molecule has 0 aromatic carbocycles. The van der Waals surface area contributed by atoms with Crippen molar-refractivity contribution in [3.8, 4) is 0 Å². The third-order valence-electron chi connectivity index (χ3n) is 3.96. The molecule has 0 unspecified atom stereocenters. The minimum absolute atomic E-state index is 0.0718. The first-order valence-corrected chi connectivity index (χ1v) is 9.07. The van der Waals surface area contributed by atoms with Crippen molar-refractivity contribution in [1.29, 1.82) is 0 Å². The van der Waals surface area contributed by atoms with E-state index in [1.165, 1.54) is 22.9 Å². The molecule has 2 atom stereocenters. The fraction of sp³-hybridized carbons (Fsp3) is 0.500. The van der Waals surface area contributed by atoms with E-state index in [1.807, 2.05) is 0 Å². The molecule has 0 bridgehead atoms. The summed E-state index contributed by atoms with van der Waals surface area (Å²) in [4.78, 5) is 16.5. The zero-order valence-corrected chi connectivity index (χ0v) is 14.2. The summed E-state index contributed by atoms with van der Waals surface area (Å²) in [5, 5.41) is 6.97. The molecule has 3 heterocycles. The van der Waals surface area contributed by atoms with Crippen LogP contribution in [-0.2, 0) is 14.8 Å². The molecular weight excluding hydrogens is 334 g/mol. The maximum atomic E-state index is 12.4. The van der Waals surface area contributed by atoms with Crippen LogP contribution in [0.4, 0.5) is 0 Å². The van der Waals surface area contributed by atoms with Crippen molar-refractivity contribution in [2.24, 2.45) is 5.92 Å². The number of hydrogen-bond donors (Lipinski definition) is 1. The lowest BCUT2D eigenvalue weighted by Crippen LogP contribution is -2.43. The molecular formula is C14H19N5O4S. The summed E-state index contributed by atoms with van der Waals surface area (Å²) in [6.45, 7) is 0.579. The Kier molecular flexibility index (Phi) is 4.52. The molecule has 2 aromatic heterocycles. The monoisotopic (exact) mass is 353 g/mol. The zero-order valence-electron chi connectivity index (χ0n) is 13.4. The van der Waals surface area contributed by atoms with Crippen LogP contribution in [0.2, 0.25) is 0 Å². The van der Waals surface area contributed by atoms with Crippen molar-refractivity contribution >= 4 is 21.6 Å². The van der Waals surface area contributed by atoms with Crippen LogP contribution in [0.15, 0.2) is 24.5 Å². The van der Waals surface area contributed by atoms with Gasteiger partial charge >= 0.3 is 0 Å². The summed E-state index contributed by atoms with van der Waals surface area (Å²) >= 11 is 0. The van der Waals surface area contributed by atoms with Crippen molar-refractivity contribution < 1.29 is 17.9 Å². The molecule has 0 aliphatic carbocycles. The molecule has 0 saturated carbocycles. The Morgan fingerprint density at radius 3 is 2.96 bits per heavy atom. The maximum Gasteiger partial charge on any atom is 0.272 e. The van der Waals surface area contributed by atoms with Crippen molar-refractivity contribution in [2.45, 2.75) is 6.04 Å². The van der Waals surface area contributed by atoms with Gasteiger partial charge in [-0.15, -0.1) is 0 Å². The number of carbonyl (C=O) groups is 1. The number of nitrogens with one attached hydrogen (secondary N) is 1. The van der Waals surface area contributed by atoms with E-state index in [9.17, 15) is 13.2 Å². The molecule has 1 N–H and O–H groups in total. The van der Waals surface area contributed by atoms with Gasteiger partial charge in [0.05, 0.1) is 25.0 Å². The number of rotatable bonds is 5. The molecule has 1 amide bonds. The third-order valence-corrected chi connectivity index (χ3v) is 5.93. The molecule has 1 saturated heterocycles. The van der Waals surface area contributed by atoms with Crippen LogP contribution in [-0.4, -0.2) is 72.3 Å². The van der Waals surface area contributed by atoms with E-state index >= 15 is 0 Å². The quantitative estimate of drug-likeness (QED) is 0.767. The molecule has 9 nitrogen and oxygen atoms in total. The van der Waals surface area contributed by atoms with Crippen LogP contribution in [0.5, 0.6) is 0 Å². The van der Waals surface area contributed by atoms with Crippen molar-refractivity contribution in [3.05, 3.63) is 30.2 Å². The molecule has 1 aliphatic heterocycles. The van der Waals surface area contributed by atoms with E-state index in [1.54, 1.807) is 24.5 Å². The van der Waals surface area contributed by atoms with E-state index in [2.05, 4.69) is 15.4 Å². The molecule has 1 fully saturated rings. The van der Waals surface area contributed by atoms with Gasteiger partial charge in [-0.1, -0.05) is 0 Å². The van der Waals surface area contributed by atoms with Gasteiger partial charge < -0.3 is 10.1 Å². The number of aromatic nitrogens is 3. The molecule has 24 heavy (non-hydrogen) atoms. The van der Waals surface area contributed by atoms with E-state index in [4.69, 9.17) is 4.74 Å². The summed E-state index contributed by atoms with van der Waals surface area (Å²) in [7, 11) is -0.386. The number of ether oxygens (including phenoxy) is 1. The van der Waals surface area contributed by atoms with Gasteiger partial charge in [-0.25, -0.2) is 22.2 Å². The number of carbonyl (C=O) groups excluding carboxylic acids is 1. The van der Waals surface area contributed by atoms with E-state index in [-0.39, 0.29) is 35.9 Å². The largest absolute Gasteiger partial charge is 0.379 e. The number of nitrogens with zero attached hydrogens (tertiary/aromatic N) is 4.